The highest BCUT2D eigenvalue weighted by molar-refractivity contribution is 5.80. The van der Waals surface area contributed by atoms with Gasteiger partial charge in [0.2, 0.25) is 0 Å². The fourth-order valence-electron chi connectivity index (χ4n) is 0.180. The molecule has 0 aliphatic heterocycles. The van der Waals surface area contributed by atoms with E-state index in [1.54, 1.807) is 0 Å². The lowest BCUT2D eigenvalue weighted by Gasteiger charge is -1.98. The van der Waals surface area contributed by atoms with Gasteiger partial charge in [0, 0.05) is 0 Å². The van der Waals surface area contributed by atoms with Gasteiger partial charge in [0.05, 0.1) is 6.04 Å². The van der Waals surface area contributed by atoms with Crippen LogP contribution in [0.2, 0.25) is 0 Å². The van der Waals surface area contributed by atoms with Gasteiger partial charge in [-0.1, -0.05) is 5.10 Å². The average Bonchev–Trinajstić information content (AvgIpc) is 1.82. The van der Waals surface area contributed by atoms with Crippen LogP contribution in [0.4, 0.5) is 0 Å². The number of hydrogen-bond acceptors (Lipinski definition) is 4. The van der Waals surface area contributed by atoms with Crippen molar-refractivity contribution in [3.63, 3.8) is 0 Å². The molecule has 3 N–H and O–H groups in total. The van der Waals surface area contributed by atoms with Crippen LogP contribution in [0, 0.1) is 0 Å². The van der Waals surface area contributed by atoms with E-state index in [2.05, 4.69) is 5.10 Å². The molecule has 9 heavy (non-hydrogen) atoms. The van der Waals surface area contributed by atoms with E-state index in [1.807, 2.05) is 5.43 Å². The standard InChI is InChI=1S/C4H7N3O2/c1-3(5)4(9)7-6-2-8/h3H,5H2,1H3,(H,7,9). The van der Waals surface area contributed by atoms with Crippen molar-refractivity contribution >= 4 is 12.0 Å². The smallest absolute Gasteiger partial charge is 0.258 e. The molecule has 0 saturated carbocycles. The predicted molar refractivity (Wildman–Crippen MR) is 29.9 cm³/mol. The highest BCUT2D eigenvalue weighted by atomic mass is 16.2. The Morgan fingerprint density at radius 1 is 1.89 bits per heavy atom. The van der Waals surface area contributed by atoms with Crippen molar-refractivity contribution in [2.75, 3.05) is 0 Å². The molecule has 0 bridgehead atoms. The van der Waals surface area contributed by atoms with Gasteiger partial charge in [0.25, 0.3) is 12.0 Å². The number of carbonyl (C=O) groups excluding carboxylic acids is 2. The predicted octanol–water partition coefficient (Wildman–Crippen LogP) is -1.30. The van der Waals surface area contributed by atoms with E-state index >= 15 is 0 Å². The third kappa shape index (κ3) is 3.40. The summed E-state index contributed by atoms with van der Waals surface area (Å²) in [5.41, 5.74) is 6.94. The lowest BCUT2D eigenvalue weighted by Crippen LogP contribution is -2.35. The zero-order valence-corrected chi connectivity index (χ0v) is 4.92. The highest BCUT2D eigenvalue weighted by Crippen LogP contribution is 1.71. The van der Waals surface area contributed by atoms with E-state index in [0.717, 1.165) is 6.08 Å². The molecule has 1 unspecified atom stereocenters. The van der Waals surface area contributed by atoms with Gasteiger partial charge < -0.3 is 5.73 Å². The summed E-state index contributed by atoms with van der Waals surface area (Å²) in [6.45, 7) is 1.48. The first-order valence-corrected chi connectivity index (χ1v) is 2.30. The van der Waals surface area contributed by atoms with E-state index in [4.69, 9.17) is 5.73 Å². The fraction of sp³-hybridized carbons (Fsp3) is 0.500. The SMILES string of the molecule is CC(N)C(=O)NN=C=O. The van der Waals surface area contributed by atoms with E-state index in [1.165, 1.54) is 6.92 Å². The third-order valence-electron chi connectivity index (χ3n) is 0.625. The first kappa shape index (κ1) is 7.81. The molecule has 5 nitrogen and oxygen atoms in total. The van der Waals surface area contributed by atoms with Crippen LogP contribution in [0.1, 0.15) is 6.92 Å². The van der Waals surface area contributed by atoms with Gasteiger partial charge in [-0.05, 0) is 6.92 Å². The molecule has 1 amide bonds. The van der Waals surface area contributed by atoms with Crippen molar-refractivity contribution in [3.05, 3.63) is 0 Å². The van der Waals surface area contributed by atoms with Crippen LogP contribution >= 0.6 is 0 Å². The Balaban J connectivity index is 3.64. The largest absolute Gasteiger partial charge is 0.320 e. The summed E-state index contributed by atoms with van der Waals surface area (Å²) < 4.78 is 0. The number of nitrogens with zero attached hydrogens (tertiary/aromatic N) is 1. The Bertz CT molecular complexity index is 148. The summed E-state index contributed by atoms with van der Waals surface area (Å²) in [6.07, 6.45) is 1.14. The van der Waals surface area contributed by atoms with Gasteiger partial charge in [-0.15, -0.1) is 0 Å². The summed E-state index contributed by atoms with van der Waals surface area (Å²) in [5, 5.41) is 2.81. The molecular formula is C4H7N3O2. The van der Waals surface area contributed by atoms with Crippen molar-refractivity contribution in [3.8, 4) is 0 Å². The molecule has 0 spiro atoms. The molecule has 1 atom stereocenters. The summed E-state index contributed by atoms with van der Waals surface area (Å²) in [7, 11) is 0. The van der Waals surface area contributed by atoms with Crippen molar-refractivity contribution in [1.29, 1.82) is 0 Å². The van der Waals surface area contributed by atoms with Crippen molar-refractivity contribution < 1.29 is 9.59 Å². The van der Waals surface area contributed by atoms with Crippen LogP contribution < -0.4 is 11.2 Å². The summed E-state index contributed by atoms with van der Waals surface area (Å²) >= 11 is 0. The van der Waals surface area contributed by atoms with E-state index in [0.29, 0.717) is 0 Å². The summed E-state index contributed by atoms with van der Waals surface area (Å²) in [6, 6.07) is -0.651. The first-order valence-electron chi connectivity index (χ1n) is 2.30. The number of nitrogens with two attached hydrogens (primary N) is 1. The molecule has 0 aromatic heterocycles. The number of nitrogens with one attached hydrogen (secondary N) is 1. The number of hydrazone groups is 1. The summed E-state index contributed by atoms with van der Waals surface area (Å²) in [5.74, 6) is -0.502. The van der Waals surface area contributed by atoms with Crippen LogP contribution in [0.5, 0.6) is 0 Å². The molecule has 50 valence electrons. The van der Waals surface area contributed by atoms with Crippen LogP contribution in [0.15, 0.2) is 5.10 Å². The van der Waals surface area contributed by atoms with Gasteiger partial charge in [-0.25, -0.2) is 10.2 Å². The second-order valence-corrected chi connectivity index (χ2v) is 1.47. The number of rotatable bonds is 2. The molecule has 0 radical (unpaired) electrons. The lowest BCUT2D eigenvalue weighted by molar-refractivity contribution is -0.121. The Labute approximate surface area is 51.9 Å². The maximum absolute atomic E-state index is 10.4. The van der Waals surface area contributed by atoms with Gasteiger partial charge in [0.15, 0.2) is 0 Å². The Morgan fingerprint density at radius 2 is 2.44 bits per heavy atom. The van der Waals surface area contributed by atoms with E-state index in [-0.39, 0.29) is 0 Å². The first-order chi connectivity index (χ1) is 4.18. The maximum Gasteiger partial charge on any atom is 0.258 e. The minimum absolute atomic E-state index is 0.502. The average molecular weight is 129 g/mol. The van der Waals surface area contributed by atoms with Crippen LogP contribution in [-0.4, -0.2) is 18.0 Å². The number of hydrogen-bond donors (Lipinski definition) is 2. The molecule has 0 aromatic rings. The molecule has 0 aromatic carbocycles. The van der Waals surface area contributed by atoms with Gasteiger partial charge in [-0.2, -0.15) is 0 Å². The van der Waals surface area contributed by atoms with E-state index < -0.39 is 11.9 Å². The zero-order valence-electron chi connectivity index (χ0n) is 4.92. The second-order valence-electron chi connectivity index (χ2n) is 1.47. The monoisotopic (exact) mass is 129 g/mol. The van der Waals surface area contributed by atoms with E-state index in [9.17, 15) is 9.59 Å². The number of amides is 1. The highest BCUT2D eigenvalue weighted by Gasteiger charge is 2.03. The zero-order chi connectivity index (χ0) is 7.28. The number of isocyanates is 1. The minimum Gasteiger partial charge on any atom is -0.320 e. The fourth-order valence-corrected chi connectivity index (χ4v) is 0.180. The van der Waals surface area contributed by atoms with Crippen LogP contribution in [0.25, 0.3) is 0 Å². The molecule has 0 fully saturated rings. The van der Waals surface area contributed by atoms with Crippen molar-refractivity contribution in [2.45, 2.75) is 13.0 Å². The second kappa shape index (κ2) is 3.77. The topological polar surface area (TPSA) is 84.6 Å². The van der Waals surface area contributed by atoms with Gasteiger partial charge in [-0.3, -0.25) is 4.79 Å². The third-order valence-corrected chi connectivity index (χ3v) is 0.625. The lowest BCUT2D eigenvalue weighted by atomic mass is 10.4. The van der Waals surface area contributed by atoms with Gasteiger partial charge >= 0.3 is 0 Å². The Hall–Kier alpha value is -1.19. The van der Waals surface area contributed by atoms with Gasteiger partial charge in [0.1, 0.15) is 0 Å². The molecule has 0 heterocycles. The molecule has 0 aliphatic carbocycles. The maximum atomic E-state index is 10.4. The normalized spacial score (nSPS) is 11.3. The van der Waals surface area contributed by atoms with Crippen molar-refractivity contribution in [1.82, 2.24) is 5.43 Å². The Kier molecular flexibility index (Phi) is 3.27. The minimum atomic E-state index is -0.651. The number of carbonyl (C=O) groups is 1. The molecule has 0 aliphatic rings. The van der Waals surface area contributed by atoms with Crippen LogP contribution in [0.3, 0.4) is 0 Å². The molecule has 5 heteroatoms. The molecule has 0 rings (SSSR count). The van der Waals surface area contributed by atoms with Crippen LogP contribution in [-0.2, 0) is 9.59 Å². The summed E-state index contributed by atoms with van der Waals surface area (Å²) in [4.78, 5) is 19.8. The van der Waals surface area contributed by atoms with Crippen molar-refractivity contribution in [2.24, 2.45) is 10.8 Å². The Morgan fingerprint density at radius 3 is 2.78 bits per heavy atom. The quantitative estimate of drug-likeness (QED) is 0.276. The molecule has 0 saturated heterocycles. The molecular weight excluding hydrogens is 122 g/mol.